The highest BCUT2D eigenvalue weighted by Gasteiger charge is 2.12. The minimum atomic E-state index is -0.126. The fourth-order valence-electron chi connectivity index (χ4n) is 1.84. The first kappa shape index (κ1) is 13.7. The van der Waals surface area contributed by atoms with Crippen molar-refractivity contribution < 1.29 is 4.79 Å². The summed E-state index contributed by atoms with van der Waals surface area (Å²) >= 11 is 3.35. The van der Waals surface area contributed by atoms with E-state index in [-0.39, 0.29) is 5.91 Å². The van der Waals surface area contributed by atoms with Crippen molar-refractivity contribution in [2.24, 2.45) is 0 Å². The average molecular weight is 319 g/mol. The molecule has 2 rings (SSSR count). The summed E-state index contributed by atoms with van der Waals surface area (Å²) in [5.41, 5.74) is 3.71. The van der Waals surface area contributed by atoms with E-state index in [2.05, 4.69) is 26.2 Å². The van der Waals surface area contributed by atoms with E-state index in [1.54, 1.807) is 6.20 Å². The predicted octanol–water partition coefficient (Wildman–Crippen LogP) is 4.02. The van der Waals surface area contributed by atoms with Crippen LogP contribution in [0.4, 0.5) is 5.82 Å². The molecule has 0 saturated carbocycles. The van der Waals surface area contributed by atoms with Crippen molar-refractivity contribution in [2.45, 2.75) is 20.8 Å². The summed E-state index contributed by atoms with van der Waals surface area (Å²) in [6.07, 6.45) is 1.67. The van der Waals surface area contributed by atoms with Gasteiger partial charge in [-0.05, 0) is 65.5 Å². The number of halogens is 1. The molecule has 0 bridgehead atoms. The minimum absolute atomic E-state index is 0.126. The molecule has 0 aliphatic rings. The fourth-order valence-corrected chi connectivity index (χ4v) is 2.29. The molecule has 0 spiro atoms. The van der Waals surface area contributed by atoms with E-state index in [9.17, 15) is 4.79 Å². The minimum Gasteiger partial charge on any atom is -0.306 e. The number of hydrogen-bond donors (Lipinski definition) is 1. The van der Waals surface area contributed by atoms with Crippen LogP contribution in [0.2, 0.25) is 0 Å². The van der Waals surface area contributed by atoms with Crippen LogP contribution in [0.1, 0.15) is 27.0 Å². The highest BCUT2D eigenvalue weighted by molar-refractivity contribution is 9.10. The average Bonchev–Trinajstić information content (AvgIpc) is 2.36. The molecule has 19 heavy (non-hydrogen) atoms. The van der Waals surface area contributed by atoms with Crippen LogP contribution in [0, 0.1) is 20.8 Å². The van der Waals surface area contributed by atoms with Crippen LogP contribution in [0.15, 0.2) is 34.9 Å². The van der Waals surface area contributed by atoms with Crippen LogP contribution in [0.5, 0.6) is 0 Å². The Balaban J connectivity index is 2.28. The summed E-state index contributed by atoms with van der Waals surface area (Å²) in [6.45, 7) is 5.86. The standard InChI is InChI=1S/C15H15BrN2O/c1-9-5-4-6-13(11(9)3)15(19)18-14-10(2)7-12(16)8-17-14/h4-8H,1-3H3,(H,17,18,19). The quantitative estimate of drug-likeness (QED) is 0.908. The van der Waals surface area contributed by atoms with Crippen molar-refractivity contribution >= 4 is 27.7 Å². The van der Waals surface area contributed by atoms with E-state index in [4.69, 9.17) is 0 Å². The van der Waals surface area contributed by atoms with Crippen molar-refractivity contribution in [1.82, 2.24) is 4.98 Å². The summed E-state index contributed by atoms with van der Waals surface area (Å²) in [4.78, 5) is 16.5. The van der Waals surface area contributed by atoms with Gasteiger partial charge in [0.05, 0.1) is 0 Å². The Morgan fingerprint density at radius 2 is 1.95 bits per heavy atom. The van der Waals surface area contributed by atoms with E-state index in [0.717, 1.165) is 21.2 Å². The first-order valence-electron chi connectivity index (χ1n) is 5.98. The number of rotatable bonds is 2. The van der Waals surface area contributed by atoms with E-state index in [0.29, 0.717) is 11.4 Å². The molecule has 0 aliphatic carbocycles. The van der Waals surface area contributed by atoms with Crippen LogP contribution < -0.4 is 5.32 Å². The molecule has 3 nitrogen and oxygen atoms in total. The summed E-state index contributed by atoms with van der Waals surface area (Å²) in [5, 5.41) is 2.85. The molecular weight excluding hydrogens is 304 g/mol. The first-order chi connectivity index (χ1) is 8.99. The molecule has 0 fully saturated rings. The second-order valence-electron chi connectivity index (χ2n) is 4.52. The van der Waals surface area contributed by atoms with E-state index in [1.807, 2.05) is 45.0 Å². The van der Waals surface area contributed by atoms with Crippen LogP contribution in [0.25, 0.3) is 0 Å². The normalized spacial score (nSPS) is 10.3. The third-order valence-corrected chi connectivity index (χ3v) is 3.56. The number of anilines is 1. The third kappa shape index (κ3) is 3.01. The molecule has 0 aliphatic heterocycles. The highest BCUT2D eigenvalue weighted by atomic mass is 79.9. The predicted molar refractivity (Wildman–Crippen MR) is 80.5 cm³/mol. The maximum absolute atomic E-state index is 12.3. The second kappa shape index (κ2) is 5.53. The lowest BCUT2D eigenvalue weighted by atomic mass is 10.0. The lowest BCUT2D eigenvalue weighted by molar-refractivity contribution is 0.102. The van der Waals surface area contributed by atoms with Gasteiger partial charge in [0.2, 0.25) is 0 Å². The molecule has 0 unspecified atom stereocenters. The Hall–Kier alpha value is -1.68. The SMILES string of the molecule is Cc1cc(Br)cnc1NC(=O)c1cccc(C)c1C. The monoisotopic (exact) mass is 318 g/mol. The van der Waals surface area contributed by atoms with Crippen molar-refractivity contribution in [3.8, 4) is 0 Å². The molecular formula is C15H15BrN2O. The van der Waals surface area contributed by atoms with Crippen LogP contribution in [-0.4, -0.2) is 10.9 Å². The van der Waals surface area contributed by atoms with Gasteiger partial charge < -0.3 is 5.32 Å². The number of hydrogen-bond acceptors (Lipinski definition) is 2. The molecule has 0 atom stereocenters. The van der Waals surface area contributed by atoms with E-state index >= 15 is 0 Å². The van der Waals surface area contributed by atoms with Gasteiger partial charge >= 0.3 is 0 Å². The Kier molecular flexibility index (Phi) is 4.00. The number of carbonyl (C=O) groups is 1. The molecule has 2 aromatic rings. The summed E-state index contributed by atoms with van der Waals surface area (Å²) in [7, 11) is 0. The molecule has 0 radical (unpaired) electrons. The molecule has 1 heterocycles. The molecule has 1 N–H and O–H groups in total. The van der Waals surface area contributed by atoms with Crippen LogP contribution in [-0.2, 0) is 0 Å². The fraction of sp³-hybridized carbons (Fsp3) is 0.200. The smallest absolute Gasteiger partial charge is 0.257 e. The van der Waals surface area contributed by atoms with Gasteiger partial charge in [-0.25, -0.2) is 4.98 Å². The lowest BCUT2D eigenvalue weighted by Gasteiger charge is -2.10. The van der Waals surface area contributed by atoms with Gasteiger partial charge in [-0.15, -0.1) is 0 Å². The Bertz CT molecular complexity index is 638. The second-order valence-corrected chi connectivity index (χ2v) is 5.44. The summed E-state index contributed by atoms with van der Waals surface area (Å²) < 4.78 is 0.898. The number of nitrogens with zero attached hydrogens (tertiary/aromatic N) is 1. The zero-order valence-corrected chi connectivity index (χ0v) is 12.7. The maximum Gasteiger partial charge on any atom is 0.257 e. The molecule has 4 heteroatoms. The largest absolute Gasteiger partial charge is 0.306 e. The van der Waals surface area contributed by atoms with E-state index in [1.165, 1.54) is 0 Å². The number of aryl methyl sites for hydroxylation is 2. The van der Waals surface area contributed by atoms with Crippen molar-refractivity contribution in [2.75, 3.05) is 5.32 Å². The topological polar surface area (TPSA) is 42.0 Å². The number of aromatic nitrogens is 1. The van der Waals surface area contributed by atoms with E-state index < -0.39 is 0 Å². The number of nitrogens with one attached hydrogen (secondary N) is 1. The van der Waals surface area contributed by atoms with Gasteiger partial charge in [-0.1, -0.05) is 12.1 Å². The number of carbonyl (C=O) groups excluding carboxylic acids is 1. The lowest BCUT2D eigenvalue weighted by Crippen LogP contribution is -2.15. The highest BCUT2D eigenvalue weighted by Crippen LogP contribution is 2.19. The van der Waals surface area contributed by atoms with Crippen molar-refractivity contribution in [3.05, 3.63) is 57.2 Å². The van der Waals surface area contributed by atoms with Gasteiger partial charge in [-0.2, -0.15) is 0 Å². The first-order valence-corrected chi connectivity index (χ1v) is 6.78. The Morgan fingerprint density at radius 3 is 2.63 bits per heavy atom. The number of benzene rings is 1. The Morgan fingerprint density at radius 1 is 1.21 bits per heavy atom. The van der Waals surface area contributed by atoms with Gasteiger partial charge in [-0.3, -0.25) is 4.79 Å². The van der Waals surface area contributed by atoms with Crippen molar-refractivity contribution in [1.29, 1.82) is 0 Å². The van der Waals surface area contributed by atoms with Gasteiger partial charge in [0.1, 0.15) is 5.82 Å². The molecule has 0 saturated heterocycles. The number of pyridine rings is 1. The maximum atomic E-state index is 12.3. The van der Waals surface area contributed by atoms with Gasteiger partial charge in [0, 0.05) is 16.2 Å². The molecule has 1 aromatic heterocycles. The van der Waals surface area contributed by atoms with Crippen LogP contribution >= 0.6 is 15.9 Å². The van der Waals surface area contributed by atoms with Crippen molar-refractivity contribution in [3.63, 3.8) is 0 Å². The van der Waals surface area contributed by atoms with Gasteiger partial charge in [0.25, 0.3) is 5.91 Å². The number of amides is 1. The summed E-state index contributed by atoms with van der Waals surface area (Å²) in [6, 6.07) is 7.63. The zero-order valence-electron chi connectivity index (χ0n) is 11.1. The molecule has 1 amide bonds. The molecule has 98 valence electrons. The zero-order chi connectivity index (χ0) is 14.0. The molecule has 1 aromatic carbocycles. The third-order valence-electron chi connectivity index (χ3n) is 3.13. The Labute approximate surface area is 121 Å². The van der Waals surface area contributed by atoms with Gasteiger partial charge in [0.15, 0.2) is 0 Å². The summed E-state index contributed by atoms with van der Waals surface area (Å²) in [5.74, 6) is 0.466. The van der Waals surface area contributed by atoms with Crippen LogP contribution in [0.3, 0.4) is 0 Å².